The van der Waals surface area contributed by atoms with Gasteiger partial charge in [0.1, 0.15) is 5.82 Å². The Morgan fingerprint density at radius 1 is 1.24 bits per heavy atom. The van der Waals surface area contributed by atoms with E-state index in [1.165, 1.54) is 6.07 Å². The topological polar surface area (TPSA) is 29.9 Å². The lowest BCUT2D eigenvalue weighted by molar-refractivity contribution is 0.579. The Balaban J connectivity index is 2.17. The van der Waals surface area contributed by atoms with Gasteiger partial charge in [0.2, 0.25) is 0 Å². The lowest BCUT2D eigenvalue weighted by Gasteiger charge is -2.18. The lowest BCUT2D eigenvalue weighted by atomic mass is 10.1. The van der Waals surface area contributed by atoms with Crippen molar-refractivity contribution in [1.29, 1.82) is 0 Å². The lowest BCUT2D eigenvalue weighted by Crippen LogP contribution is -2.19. The Hall–Kier alpha value is -2.20. The van der Waals surface area contributed by atoms with Crippen LogP contribution in [0, 0.1) is 5.82 Å². The molecule has 108 valence electrons. The number of benzene rings is 2. The molecule has 3 nitrogen and oxygen atoms in total. The van der Waals surface area contributed by atoms with Crippen molar-refractivity contribution in [2.45, 2.75) is 19.9 Å². The average Bonchev–Trinajstić information content (AvgIpc) is 2.91. The van der Waals surface area contributed by atoms with Gasteiger partial charge in [-0.25, -0.2) is 9.07 Å². The van der Waals surface area contributed by atoms with Crippen LogP contribution in [-0.4, -0.2) is 16.3 Å². The van der Waals surface area contributed by atoms with Gasteiger partial charge in [-0.05, 0) is 43.3 Å². The van der Waals surface area contributed by atoms with E-state index >= 15 is 0 Å². The molecule has 1 aromatic heterocycles. The van der Waals surface area contributed by atoms with Crippen LogP contribution in [0.3, 0.4) is 0 Å². The second kappa shape index (κ2) is 5.66. The van der Waals surface area contributed by atoms with Crippen LogP contribution in [0.2, 0.25) is 0 Å². The van der Waals surface area contributed by atoms with Crippen molar-refractivity contribution >= 4 is 10.9 Å². The maximum absolute atomic E-state index is 13.6. The van der Waals surface area contributed by atoms with Crippen molar-refractivity contribution in [3.05, 3.63) is 60.0 Å². The molecule has 0 fully saturated rings. The summed E-state index contributed by atoms with van der Waals surface area (Å²) in [6, 6.07) is 12.9. The first-order valence-corrected chi connectivity index (χ1v) is 7.16. The van der Waals surface area contributed by atoms with Crippen LogP contribution in [-0.2, 0) is 0 Å². The molecule has 0 amide bonds. The van der Waals surface area contributed by atoms with Gasteiger partial charge in [-0.1, -0.05) is 25.1 Å². The van der Waals surface area contributed by atoms with Crippen molar-refractivity contribution in [1.82, 2.24) is 15.1 Å². The third-order valence-electron chi connectivity index (χ3n) is 3.67. The van der Waals surface area contributed by atoms with Gasteiger partial charge in [-0.3, -0.25) is 0 Å². The van der Waals surface area contributed by atoms with E-state index in [4.69, 9.17) is 0 Å². The van der Waals surface area contributed by atoms with Crippen LogP contribution >= 0.6 is 0 Å². The zero-order valence-corrected chi connectivity index (χ0v) is 12.2. The largest absolute Gasteiger partial charge is 0.310 e. The Labute approximate surface area is 123 Å². The molecule has 0 aliphatic rings. The normalized spacial score (nSPS) is 12.7. The van der Waals surface area contributed by atoms with Crippen molar-refractivity contribution in [2.75, 3.05) is 6.54 Å². The van der Waals surface area contributed by atoms with E-state index in [2.05, 4.69) is 10.4 Å². The fourth-order valence-electron chi connectivity index (χ4n) is 2.64. The van der Waals surface area contributed by atoms with Crippen LogP contribution < -0.4 is 5.32 Å². The van der Waals surface area contributed by atoms with E-state index in [0.717, 1.165) is 28.7 Å². The molecule has 3 rings (SSSR count). The number of aromatic nitrogens is 2. The Bertz CT molecular complexity index is 764. The predicted octanol–water partition coefficient (Wildman–Crippen LogP) is 3.84. The number of rotatable bonds is 4. The first kappa shape index (κ1) is 13.8. The molecule has 1 atom stereocenters. The van der Waals surface area contributed by atoms with Crippen LogP contribution in [0.1, 0.15) is 25.5 Å². The second-order valence-corrected chi connectivity index (χ2v) is 5.10. The van der Waals surface area contributed by atoms with Gasteiger partial charge in [0.05, 0.1) is 17.4 Å². The highest BCUT2D eigenvalue weighted by molar-refractivity contribution is 5.80. The van der Waals surface area contributed by atoms with Gasteiger partial charge < -0.3 is 5.32 Å². The third-order valence-corrected chi connectivity index (χ3v) is 3.67. The summed E-state index contributed by atoms with van der Waals surface area (Å²) in [6.45, 7) is 4.91. The van der Waals surface area contributed by atoms with Crippen molar-refractivity contribution < 1.29 is 4.39 Å². The summed E-state index contributed by atoms with van der Waals surface area (Å²) in [5.41, 5.74) is 2.84. The van der Waals surface area contributed by atoms with Gasteiger partial charge in [0.25, 0.3) is 0 Å². The second-order valence-electron chi connectivity index (χ2n) is 5.10. The third kappa shape index (κ3) is 2.54. The van der Waals surface area contributed by atoms with Gasteiger partial charge >= 0.3 is 0 Å². The van der Waals surface area contributed by atoms with Crippen LogP contribution in [0.4, 0.5) is 4.39 Å². The molecule has 0 spiro atoms. The zero-order valence-electron chi connectivity index (χ0n) is 12.2. The highest BCUT2D eigenvalue weighted by Gasteiger charge is 2.14. The number of nitrogens with zero attached hydrogens (tertiary/aromatic N) is 2. The van der Waals surface area contributed by atoms with E-state index < -0.39 is 0 Å². The SMILES string of the molecule is CCNC(C)c1cc(F)ccc1-n1ncc2ccccc21. The molecule has 1 heterocycles. The summed E-state index contributed by atoms with van der Waals surface area (Å²) in [6.07, 6.45) is 1.83. The van der Waals surface area contributed by atoms with E-state index in [1.807, 2.05) is 49.0 Å². The molecular formula is C17H18FN3. The molecule has 0 saturated heterocycles. The molecule has 0 bridgehead atoms. The van der Waals surface area contributed by atoms with Gasteiger partial charge in [-0.2, -0.15) is 5.10 Å². The molecular weight excluding hydrogens is 265 g/mol. The van der Waals surface area contributed by atoms with E-state index in [0.29, 0.717) is 0 Å². The molecule has 0 saturated carbocycles. The predicted molar refractivity (Wildman–Crippen MR) is 83.1 cm³/mol. The summed E-state index contributed by atoms with van der Waals surface area (Å²) in [5, 5.41) is 8.87. The molecule has 0 aliphatic carbocycles. The summed E-state index contributed by atoms with van der Waals surface area (Å²) in [4.78, 5) is 0. The summed E-state index contributed by atoms with van der Waals surface area (Å²) >= 11 is 0. The van der Waals surface area contributed by atoms with Crippen molar-refractivity contribution in [2.24, 2.45) is 0 Å². The molecule has 21 heavy (non-hydrogen) atoms. The van der Waals surface area contributed by atoms with E-state index in [1.54, 1.807) is 12.1 Å². The molecule has 1 N–H and O–H groups in total. The standard InChI is InChI=1S/C17H18FN3/c1-3-19-12(2)15-10-14(18)8-9-17(15)21-16-7-5-4-6-13(16)11-20-21/h4-12,19H,3H2,1-2H3. The minimum atomic E-state index is -0.227. The fraction of sp³-hybridized carbons (Fsp3) is 0.235. The molecule has 2 aromatic carbocycles. The first-order valence-electron chi connectivity index (χ1n) is 7.16. The Morgan fingerprint density at radius 3 is 2.86 bits per heavy atom. The monoisotopic (exact) mass is 283 g/mol. The average molecular weight is 283 g/mol. The maximum atomic E-state index is 13.6. The first-order chi connectivity index (χ1) is 10.2. The van der Waals surface area contributed by atoms with Gasteiger partial charge in [0, 0.05) is 11.4 Å². The molecule has 0 radical (unpaired) electrons. The summed E-state index contributed by atoms with van der Waals surface area (Å²) in [7, 11) is 0. The highest BCUT2D eigenvalue weighted by Crippen LogP contribution is 2.25. The van der Waals surface area contributed by atoms with Crippen LogP contribution in [0.15, 0.2) is 48.7 Å². The Morgan fingerprint density at radius 2 is 2.05 bits per heavy atom. The number of nitrogens with one attached hydrogen (secondary N) is 1. The van der Waals surface area contributed by atoms with Gasteiger partial charge in [0.15, 0.2) is 0 Å². The highest BCUT2D eigenvalue weighted by atomic mass is 19.1. The van der Waals surface area contributed by atoms with Crippen molar-refractivity contribution in [3.63, 3.8) is 0 Å². The van der Waals surface area contributed by atoms with Crippen LogP contribution in [0.25, 0.3) is 16.6 Å². The molecule has 0 aliphatic heterocycles. The zero-order chi connectivity index (χ0) is 14.8. The number of para-hydroxylation sites is 1. The number of fused-ring (bicyclic) bond motifs is 1. The minimum absolute atomic E-state index is 0.0589. The molecule has 3 aromatic rings. The number of hydrogen-bond acceptors (Lipinski definition) is 2. The van der Waals surface area contributed by atoms with Crippen molar-refractivity contribution in [3.8, 4) is 5.69 Å². The fourth-order valence-corrected chi connectivity index (χ4v) is 2.64. The van der Waals surface area contributed by atoms with E-state index in [9.17, 15) is 4.39 Å². The quantitative estimate of drug-likeness (QED) is 0.788. The van der Waals surface area contributed by atoms with Crippen LogP contribution in [0.5, 0.6) is 0 Å². The number of hydrogen-bond donors (Lipinski definition) is 1. The molecule has 1 unspecified atom stereocenters. The summed E-state index contributed by atoms with van der Waals surface area (Å²) in [5.74, 6) is -0.227. The van der Waals surface area contributed by atoms with Gasteiger partial charge in [-0.15, -0.1) is 0 Å². The minimum Gasteiger partial charge on any atom is -0.310 e. The molecule has 4 heteroatoms. The maximum Gasteiger partial charge on any atom is 0.123 e. The summed E-state index contributed by atoms with van der Waals surface area (Å²) < 4.78 is 15.5. The van der Waals surface area contributed by atoms with E-state index in [-0.39, 0.29) is 11.9 Å². The number of halogens is 1. The smallest absolute Gasteiger partial charge is 0.123 e. The Kier molecular flexibility index (Phi) is 3.71.